The first kappa shape index (κ1) is 20.4. The summed E-state index contributed by atoms with van der Waals surface area (Å²) in [5.41, 5.74) is 0.964. The zero-order valence-corrected chi connectivity index (χ0v) is 16.4. The van der Waals surface area contributed by atoms with Gasteiger partial charge in [-0.2, -0.15) is 0 Å². The largest absolute Gasteiger partial charge is 0.508 e. The number of phenolic OH excluding ortho intramolecular Hbond substituents is 1. The molecule has 0 aromatic heterocycles. The molecule has 1 amide bonds. The number of rotatable bonds is 6. The number of carbonyl (C=O) groups is 1. The van der Waals surface area contributed by atoms with Crippen LogP contribution in [0, 0.1) is 10.1 Å². The number of methoxy groups -OCH3 is 1. The van der Waals surface area contributed by atoms with E-state index < -0.39 is 11.0 Å². The second kappa shape index (κ2) is 8.78. The molecule has 0 aliphatic carbocycles. The molecular weight excluding hydrogens is 376 g/mol. The Morgan fingerprint density at radius 2 is 1.83 bits per heavy atom. The minimum Gasteiger partial charge on any atom is -0.508 e. The number of nitro groups is 1. The molecule has 9 heteroatoms. The minimum absolute atomic E-state index is 0.148. The quantitative estimate of drug-likeness (QED) is 0.566. The third-order valence-electron chi connectivity index (χ3n) is 5.12. The molecule has 9 nitrogen and oxygen atoms in total. The van der Waals surface area contributed by atoms with E-state index in [0.717, 1.165) is 18.8 Å². The zero-order chi connectivity index (χ0) is 21.0. The molecule has 3 rings (SSSR count). The predicted molar refractivity (Wildman–Crippen MR) is 110 cm³/mol. The highest BCUT2D eigenvalue weighted by atomic mass is 16.6. The molecule has 1 saturated heterocycles. The summed E-state index contributed by atoms with van der Waals surface area (Å²) < 4.78 is 5.02. The molecule has 1 aliphatic rings. The average molecular weight is 400 g/mol. The molecule has 0 spiro atoms. The van der Waals surface area contributed by atoms with Crippen molar-refractivity contribution in [1.29, 1.82) is 0 Å². The van der Waals surface area contributed by atoms with E-state index in [1.54, 1.807) is 25.1 Å². The number of piperazine rings is 1. The van der Waals surface area contributed by atoms with Crippen LogP contribution in [0.15, 0.2) is 42.5 Å². The molecule has 2 aromatic rings. The topological polar surface area (TPSA) is 108 Å². The van der Waals surface area contributed by atoms with Crippen molar-refractivity contribution in [2.75, 3.05) is 43.5 Å². The standard InChI is InChI=1S/C20H24N4O5/c1-14(20(26)21-18-8-7-17(29-2)13-19(18)24(27)28)22-9-11-23(12-10-22)15-3-5-16(25)6-4-15/h3-8,13-14,25H,9-12H2,1-2H3,(H,21,26). The Balaban J connectivity index is 1.61. The smallest absolute Gasteiger partial charge is 0.296 e. The van der Waals surface area contributed by atoms with E-state index in [0.29, 0.717) is 18.8 Å². The molecule has 2 aromatic carbocycles. The first-order chi connectivity index (χ1) is 13.9. The second-order valence-corrected chi connectivity index (χ2v) is 6.84. The second-order valence-electron chi connectivity index (χ2n) is 6.84. The van der Waals surface area contributed by atoms with E-state index in [1.165, 1.54) is 19.2 Å². The number of nitrogens with one attached hydrogen (secondary N) is 1. The number of carbonyl (C=O) groups excluding carboxylic acids is 1. The number of aromatic hydroxyl groups is 1. The number of phenols is 1. The Bertz CT molecular complexity index is 879. The van der Waals surface area contributed by atoms with Gasteiger partial charge in [-0.05, 0) is 43.3 Å². The lowest BCUT2D eigenvalue weighted by Crippen LogP contribution is -2.52. The van der Waals surface area contributed by atoms with Crippen molar-refractivity contribution in [1.82, 2.24) is 4.90 Å². The Labute approximate surface area is 168 Å². The van der Waals surface area contributed by atoms with Crippen LogP contribution in [0.4, 0.5) is 17.1 Å². The van der Waals surface area contributed by atoms with Crippen LogP contribution >= 0.6 is 0 Å². The Morgan fingerprint density at radius 3 is 2.41 bits per heavy atom. The van der Waals surface area contributed by atoms with Gasteiger partial charge >= 0.3 is 0 Å². The van der Waals surface area contributed by atoms with Crippen molar-refractivity contribution in [2.24, 2.45) is 0 Å². The van der Waals surface area contributed by atoms with E-state index in [4.69, 9.17) is 4.74 Å². The summed E-state index contributed by atoms with van der Waals surface area (Å²) in [7, 11) is 1.43. The predicted octanol–water partition coefficient (Wildman–Crippen LogP) is 2.46. The van der Waals surface area contributed by atoms with Crippen LogP contribution in [0.25, 0.3) is 0 Å². The monoisotopic (exact) mass is 400 g/mol. The lowest BCUT2D eigenvalue weighted by Gasteiger charge is -2.38. The zero-order valence-electron chi connectivity index (χ0n) is 16.4. The number of hydrogen-bond donors (Lipinski definition) is 2. The normalized spacial score (nSPS) is 15.6. The maximum absolute atomic E-state index is 12.7. The first-order valence-corrected chi connectivity index (χ1v) is 9.30. The minimum atomic E-state index is -0.542. The molecule has 1 heterocycles. The molecule has 1 aliphatic heterocycles. The van der Waals surface area contributed by atoms with Gasteiger partial charge in [0.1, 0.15) is 17.2 Å². The van der Waals surface area contributed by atoms with Gasteiger partial charge in [-0.15, -0.1) is 0 Å². The summed E-state index contributed by atoms with van der Waals surface area (Å²) in [6.45, 7) is 4.64. The van der Waals surface area contributed by atoms with Gasteiger partial charge in [0, 0.05) is 31.9 Å². The highest BCUT2D eigenvalue weighted by Gasteiger charge is 2.27. The van der Waals surface area contributed by atoms with Crippen LogP contribution in [-0.4, -0.2) is 60.2 Å². The van der Waals surface area contributed by atoms with Crippen molar-refractivity contribution in [2.45, 2.75) is 13.0 Å². The van der Waals surface area contributed by atoms with Crippen molar-refractivity contribution in [3.05, 3.63) is 52.6 Å². The van der Waals surface area contributed by atoms with Gasteiger partial charge in [-0.25, -0.2) is 0 Å². The Kier molecular flexibility index (Phi) is 6.18. The number of nitro benzene ring substituents is 1. The van der Waals surface area contributed by atoms with Crippen LogP contribution in [0.2, 0.25) is 0 Å². The van der Waals surface area contributed by atoms with Crippen molar-refractivity contribution in [3.8, 4) is 11.5 Å². The van der Waals surface area contributed by atoms with E-state index in [1.807, 2.05) is 17.0 Å². The molecule has 0 saturated carbocycles. The fourth-order valence-corrected chi connectivity index (χ4v) is 3.33. The van der Waals surface area contributed by atoms with Gasteiger partial charge in [-0.3, -0.25) is 19.8 Å². The van der Waals surface area contributed by atoms with Crippen LogP contribution < -0.4 is 15.0 Å². The molecule has 2 N–H and O–H groups in total. The molecule has 1 atom stereocenters. The van der Waals surface area contributed by atoms with E-state index >= 15 is 0 Å². The average Bonchev–Trinajstić information content (AvgIpc) is 2.74. The first-order valence-electron chi connectivity index (χ1n) is 9.30. The third kappa shape index (κ3) is 4.75. The summed E-state index contributed by atoms with van der Waals surface area (Å²) in [5, 5.41) is 23.4. The van der Waals surface area contributed by atoms with Crippen molar-refractivity contribution in [3.63, 3.8) is 0 Å². The molecule has 0 bridgehead atoms. The van der Waals surface area contributed by atoms with Crippen LogP contribution in [-0.2, 0) is 4.79 Å². The number of benzene rings is 2. The Morgan fingerprint density at radius 1 is 1.17 bits per heavy atom. The SMILES string of the molecule is COc1ccc(NC(=O)C(C)N2CCN(c3ccc(O)cc3)CC2)c([N+](=O)[O-])c1. The van der Waals surface area contributed by atoms with Gasteiger partial charge < -0.3 is 20.1 Å². The number of amides is 1. The summed E-state index contributed by atoms with van der Waals surface area (Å²) in [6.07, 6.45) is 0. The number of hydrogen-bond acceptors (Lipinski definition) is 7. The molecule has 154 valence electrons. The van der Waals surface area contributed by atoms with Crippen LogP contribution in [0.1, 0.15) is 6.92 Å². The van der Waals surface area contributed by atoms with Crippen molar-refractivity contribution >= 4 is 23.0 Å². The lowest BCUT2D eigenvalue weighted by atomic mass is 10.2. The third-order valence-corrected chi connectivity index (χ3v) is 5.12. The number of anilines is 2. The highest BCUT2D eigenvalue weighted by Crippen LogP contribution is 2.29. The van der Waals surface area contributed by atoms with Crippen LogP contribution in [0.5, 0.6) is 11.5 Å². The van der Waals surface area contributed by atoms with E-state index in [2.05, 4.69) is 10.2 Å². The number of ether oxygens (including phenoxy) is 1. The summed E-state index contributed by atoms with van der Waals surface area (Å²) in [4.78, 5) is 27.7. The van der Waals surface area contributed by atoms with Crippen LogP contribution in [0.3, 0.4) is 0 Å². The van der Waals surface area contributed by atoms with Crippen molar-refractivity contribution < 1.29 is 19.6 Å². The van der Waals surface area contributed by atoms with E-state index in [9.17, 15) is 20.0 Å². The van der Waals surface area contributed by atoms with Gasteiger partial charge in [0.25, 0.3) is 5.69 Å². The fraction of sp³-hybridized carbons (Fsp3) is 0.350. The summed E-state index contributed by atoms with van der Waals surface area (Å²) >= 11 is 0. The molecule has 1 fully saturated rings. The number of nitrogens with zero attached hydrogens (tertiary/aromatic N) is 3. The molecule has 0 radical (unpaired) electrons. The van der Waals surface area contributed by atoms with Gasteiger partial charge in [0.2, 0.25) is 5.91 Å². The maximum atomic E-state index is 12.7. The Hall–Kier alpha value is -3.33. The van der Waals surface area contributed by atoms with Gasteiger partial charge in [0.15, 0.2) is 0 Å². The molecular formula is C20H24N4O5. The van der Waals surface area contributed by atoms with E-state index in [-0.39, 0.29) is 23.0 Å². The highest BCUT2D eigenvalue weighted by molar-refractivity contribution is 5.96. The molecule has 1 unspecified atom stereocenters. The summed E-state index contributed by atoms with van der Waals surface area (Å²) in [6, 6.07) is 10.9. The van der Waals surface area contributed by atoms with Gasteiger partial charge in [0.05, 0.1) is 24.1 Å². The lowest BCUT2D eigenvalue weighted by molar-refractivity contribution is -0.384. The fourth-order valence-electron chi connectivity index (χ4n) is 3.33. The summed E-state index contributed by atoms with van der Waals surface area (Å²) in [5.74, 6) is 0.287. The maximum Gasteiger partial charge on any atom is 0.296 e. The molecule has 29 heavy (non-hydrogen) atoms. The van der Waals surface area contributed by atoms with Gasteiger partial charge in [-0.1, -0.05) is 0 Å².